The molecule has 112 valence electrons. The number of carbonyl (C=O) groups is 1. The second-order valence-electron chi connectivity index (χ2n) is 5.51. The van der Waals surface area contributed by atoms with Crippen LogP contribution in [0.4, 0.5) is 5.82 Å². The van der Waals surface area contributed by atoms with Crippen molar-refractivity contribution in [3.05, 3.63) is 41.4 Å². The molecule has 7 heteroatoms. The zero-order valence-corrected chi connectivity index (χ0v) is 12.0. The highest BCUT2D eigenvalue weighted by molar-refractivity contribution is 6.02. The molecule has 3 aromatic rings. The smallest absolute Gasteiger partial charge is 0.277 e. The van der Waals surface area contributed by atoms with Gasteiger partial charge in [0.15, 0.2) is 17.3 Å². The van der Waals surface area contributed by atoms with Gasteiger partial charge in [-0.05, 0) is 38.0 Å². The maximum Gasteiger partial charge on any atom is 0.277 e. The Morgan fingerprint density at radius 3 is 2.86 bits per heavy atom. The van der Waals surface area contributed by atoms with Crippen LogP contribution in [0.3, 0.4) is 0 Å². The summed E-state index contributed by atoms with van der Waals surface area (Å²) in [5.74, 6) is 2.19. The van der Waals surface area contributed by atoms with Gasteiger partial charge in [0.1, 0.15) is 11.5 Å². The van der Waals surface area contributed by atoms with Crippen LogP contribution in [0.25, 0.3) is 11.5 Å². The van der Waals surface area contributed by atoms with Crippen molar-refractivity contribution in [3.63, 3.8) is 0 Å². The van der Waals surface area contributed by atoms with E-state index < -0.39 is 0 Å². The second kappa shape index (κ2) is 4.87. The Hall–Kier alpha value is -2.83. The van der Waals surface area contributed by atoms with Crippen LogP contribution in [0, 0.1) is 6.92 Å². The first kappa shape index (κ1) is 12.9. The minimum absolute atomic E-state index is 0.281. The van der Waals surface area contributed by atoms with E-state index in [0.717, 1.165) is 24.3 Å². The Labute approximate surface area is 126 Å². The molecule has 1 aliphatic carbocycles. The SMILES string of the molecule is Cc1ccc(-c2cc(NC(=O)c3cc(C4CC4)[nH]n3)n[nH]2)o1. The predicted octanol–water partition coefficient (Wildman–Crippen LogP) is 2.83. The molecule has 1 amide bonds. The van der Waals surface area contributed by atoms with Gasteiger partial charge in [-0.3, -0.25) is 15.0 Å². The Morgan fingerprint density at radius 1 is 1.27 bits per heavy atom. The van der Waals surface area contributed by atoms with Gasteiger partial charge >= 0.3 is 0 Å². The Balaban J connectivity index is 1.48. The summed E-state index contributed by atoms with van der Waals surface area (Å²) in [6.07, 6.45) is 2.32. The van der Waals surface area contributed by atoms with Gasteiger partial charge in [-0.1, -0.05) is 0 Å². The molecule has 7 nitrogen and oxygen atoms in total. The summed E-state index contributed by atoms with van der Waals surface area (Å²) in [7, 11) is 0. The van der Waals surface area contributed by atoms with E-state index in [1.165, 1.54) is 0 Å². The summed E-state index contributed by atoms with van der Waals surface area (Å²) in [4.78, 5) is 12.1. The molecule has 22 heavy (non-hydrogen) atoms. The summed E-state index contributed by atoms with van der Waals surface area (Å²) in [6.45, 7) is 1.87. The Kier molecular flexibility index (Phi) is 2.85. The van der Waals surface area contributed by atoms with E-state index in [1.54, 1.807) is 12.1 Å². The fourth-order valence-corrected chi connectivity index (χ4v) is 2.33. The van der Waals surface area contributed by atoms with Gasteiger partial charge in [0.25, 0.3) is 5.91 Å². The van der Waals surface area contributed by atoms with E-state index in [9.17, 15) is 4.79 Å². The molecule has 3 aromatic heterocycles. The molecule has 0 unspecified atom stereocenters. The van der Waals surface area contributed by atoms with Crippen molar-refractivity contribution < 1.29 is 9.21 Å². The first-order valence-electron chi connectivity index (χ1n) is 7.18. The van der Waals surface area contributed by atoms with Crippen LogP contribution in [0.1, 0.15) is 40.7 Å². The summed E-state index contributed by atoms with van der Waals surface area (Å²) in [6, 6.07) is 7.25. The molecule has 0 bridgehead atoms. The van der Waals surface area contributed by atoms with Crippen LogP contribution in [0.15, 0.2) is 28.7 Å². The minimum atomic E-state index is -0.281. The van der Waals surface area contributed by atoms with Gasteiger partial charge in [-0.2, -0.15) is 10.2 Å². The first-order chi connectivity index (χ1) is 10.7. The maximum atomic E-state index is 12.1. The van der Waals surface area contributed by atoms with Crippen molar-refractivity contribution in [1.29, 1.82) is 0 Å². The molecule has 0 aliphatic heterocycles. The van der Waals surface area contributed by atoms with Crippen LogP contribution in [0.5, 0.6) is 0 Å². The molecule has 1 saturated carbocycles. The molecule has 3 N–H and O–H groups in total. The van der Waals surface area contributed by atoms with E-state index in [-0.39, 0.29) is 5.91 Å². The fraction of sp³-hybridized carbons (Fsp3) is 0.267. The number of amides is 1. The van der Waals surface area contributed by atoms with Gasteiger partial charge in [-0.15, -0.1) is 0 Å². The number of anilines is 1. The topological polar surface area (TPSA) is 99.6 Å². The molecule has 4 rings (SSSR count). The molecule has 3 heterocycles. The first-order valence-corrected chi connectivity index (χ1v) is 7.18. The van der Waals surface area contributed by atoms with E-state index in [0.29, 0.717) is 28.9 Å². The molecule has 0 aromatic carbocycles. The van der Waals surface area contributed by atoms with E-state index >= 15 is 0 Å². The largest absolute Gasteiger partial charge is 0.460 e. The standard InChI is InChI=1S/C15H15N5O2/c1-8-2-5-13(22-8)11-7-14(20-18-11)16-15(21)12-6-10(17-19-12)9-3-4-9/h2,5-7,9H,3-4H2,1H3,(H,17,19)(H2,16,18,20,21). The van der Waals surface area contributed by atoms with Gasteiger partial charge in [-0.25, -0.2) is 0 Å². The zero-order valence-electron chi connectivity index (χ0n) is 12.0. The average molecular weight is 297 g/mol. The summed E-state index contributed by atoms with van der Waals surface area (Å²) < 4.78 is 5.51. The normalized spacial score (nSPS) is 14.2. The third-order valence-electron chi connectivity index (χ3n) is 3.67. The van der Waals surface area contributed by atoms with Gasteiger partial charge in [0.05, 0.1) is 0 Å². The quantitative estimate of drug-likeness (QED) is 0.689. The number of aryl methyl sites for hydroxylation is 1. The third kappa shape index (κ3) is 2.41. The lowest BCUT2D eigenvalue weighted by Gasteiger charge is -1.96. The predicted molar refractivity (Wildman–Crippen MR) is 79.5 cm³/mol. The van der Waals surface area contributed by atoms with Gasteiger partial charge < -0.3 is 9.73 Å². The monoisotopic (exact) mass is 297 g/mol. The van der Waals surface area contributed by atoms with Crippen molar-refractivity contribution in [2.45, 2.75) is 25.7 Å². The van der Waals surface area contributed by atoms with Crippen molar-refractivity contribution in [2.75, 3.05) is 5.32 Å². The van der Waals surface area contributed by atoms with Crippen molar-refractivity contribution in [2.24, 2.45) is 0 Å². The lowest BCUT2D eigenvalue weighted by atomic mass is 10.2. The number of carbonyl (C=O) groups excluding carboxylic acids is 1. The summed E-state index contributed by atoms with van der Waals surface area (Å²) in [5, 5.41) is 16.6. The molecule has 0 saturated heterocycles. The van der Waals surface area contributed by atoms with Crippen LogP contribution in [0.2, 0.25) is 0 Å². The minimum Gasteiger partial charge on any atom is -0.460 e. The molecular formula is C15H15N5O2. The number of nitrogens with zero attached hydrogens (tertiary/aromatic N) is 2. The van der Waals surface area contributed by atoms with Crippen LogP contribution in [-0.4, -0.2) is 26.3 Å². The maximum absolute atomic E-state index is 12.1. The fourth-order valence-electron chi connectivity index (χ4n) is 2.33. The molecule has 1 fully saturated rings. The number of furan rings is 1. The summed E-state index contributed by atoms with van der Waals surface area (Å²) in [5.41, 5.74) is 2.11. The number of hydrogen-bond acceptors (Lipinski definition) is 4. The molecular weight excluding hydrogens is 282 g/mol. The zero-order chi connectivity index (χ0) is 15.1. The number of hydrogen-bond donors (Lipinski definition) is 3. The van der Waals surface area contributed by atoms with Gasteiger partial charge in [0, 0.05) is 17.7 Å². The second-order valence-corrected chi connectivity index (χ2v) is 5.51. The lowest BCUT2D eigenvalue weighted by molar-refractivity contribution is 0.102. The highest BCUT2D eigenvalue weighted by Crippen LogP contribution is 2.39. The average Bonchev–Trinajstić information content (AvgIpc) is 2.94. The van der Waals surface area contributed by atoms with E-state index in [1.807, 2.05) is 19.1 Å². The molecule has 0 spiro atoms. The van der Waals surface area contributed by atoms with Crippen molar-refractivity contribution >= 4 is 11.7 Å². The van der Waals surface area contributed by atoms with Crippen LogP contribution >= 0.6 is 0 Å². The Bertz CT molecular complexity index is 824. The molecule has 0 atom stereocenters. The van der Waals surface area contributed by atoms with Crippen molar-refractivity contribution in [1.82, 2.24) is 20.4 Å². The lowest BCUT2D eigenvalue weighted by Crippen LogP contribution is -2.12. The number of H-pyrrole nitrogens is 2. The number of aromatic amines is 2. The van der Waals surface area contributed by atoms with E-state index in [4.69, 9.17) is 4.42 Å². The third-order valence-corrected chi connectivity index (χ3v) is 3.67. The number of nitrogens with one attached hydrogen (secondary N) is 3. The number of rotatable bonds is 4. The highest BCUT2D eigenvalue weighted by atomic mass is 16.3. The van der Waals surface area contributed by atoms with Crippen molar-refractivity contribution in [3.8, 4) is 11.5 Å². The number of aromatic nitrogens is 4. The van der Waals surface area contributed by atoms with Crippen LogP contribution in [-0.2, 0) is 0 Å². The van der Waals surface area contributed by atoms with Crippen LogP contribution < -0.4 is 5.32 Å². The molecule has 0 radical (unpaired) electrons. The summed E-state index contributed by atoms with van der Waals surface area (Å²) >= 11 is 0. The molecule has 1 aliphatic rings. The highest BCUT2D eigenvalue weighted by Gasteiger charge is 2.26. The van der Waals surface area contributed by atoms with Gasteiger partial charge in [0.2, 0.25) is 0 Å². The van der Waals surface area contributed by atoms with E-state index in [2.05, 4.69) is 25.7 Å². The Morgan fingerprint density at radius 2 is 2.14 bits per heavy atom.